The Bertz CT molecular complexity index is 700. The fourth-order valence-electron chi connectivity index (χ4n) is 9.47. The Morgan fingerprint density at radius 2 is 1.91 bits per heavy atom. The molecule has 4 aliphatic carbocycles. The predicted molar refractivity (Wildman–Crippen MR) is 135 cm³/mol. The predicted octanol–water partition coefficient (Wildman–Crippen LogP) is 4.94. The summed E-state index contributed by atoms with van der Waals surface area (Å²) >= 11 is 0. The Balaban J connectivity index is 1.43. The fourth-order valence-corrected chi connectivity index (χ4v) is 9.47. The zero-order chi connectivity index (χ0) is 24.5. The van der Waals surface area contributed by atoms with Crippen molar-refractivity contribution in [1.29, 1.82) is 0 Å². The van der Waals surface area contributed by atoms with Crippen molar-refractivity contribution in [2.24, 2.45) is 46.3 Å². The van der Waals surface area contributed by atoms with Gasteiger partial charge in [-0.05, 0) is 111 Å². The maximum absolute atomic E-state index is 12.1. The summed E-state index contributed by atoms with van der Waals surface area (Å²) < 4.78 is 5.31. The lowest BCUT2D eigenvalue weighted by molar-refractivity contribution is -0.170. The minimum Gasteiger partial charge on any atom is -0.466 e. The van der Waals surface area contributed by atoms with Crippen LogP contribution in [0, 0.1) is 46.3 Å². The Labute approximate surface area is 207 Å². The van der Waals surface area contributed by atoms with Gasteiger partial charge in [-0.1, -0.05) is 27.7 Å². The van der Waals surface area contributed by atoms with E-state index in [4.69, 9.17) is 4.74 Å². The molecule has 196 valence electrons. The van der Waals surface area contributed by atoms with E-state index in [0.717, 1.165) is 31.1 Å². The number of aliphatic hydroxyl groups is 2. The van der Waals surface area contributed by atoms with Gasteiger partial charge in [0.1, 0.15) is 0 Å². The standard InChI is InChI=1S/C29H51NO4/c1-5-16-34-27(33)11-6-19(2)23-9-10-24-22-8-7-20-17-21(30-14-15-31)12-13-28(20,3)25(22)18-26(32)29(23,24)4/h19-26,30-32H,5-18H2,1-4H3/t19-,20?,21?,22?,23-,24?,25?,26+,28+,29-/m1/s1. The van der Waals surface area contributed by atoms with Crippen molar-refractivity contribution in [2.45, 2.75) is 110 Å². The summed E-state index contributed by atoms with van der Waals surface area (Å²) in [6.45, 7) is 10.7. The molecule has 0 aliphatic heterocycles. The van der Waals surface area contributed by atoms with Gasteiger partial charge in [-0.15, -0.1) is 0 Å². The first-order valence-corrected chi connectivity index (χ1v) is 14.4. The molecule has 0 aromatic rings. The van der Waals surface area contributed by atoms with E-state index in [-0.39, 0.29) is 24.1 Å². The number of esters is 1. The quantitative estimate of drug-likeness (QED) is 0.410. The van der Waals surface area contributed by atoms with Crippen molar-refractivity contribution in [3.05, 3.63) is 0 Å². The molecular weight excluding hydrogens is 426 g/mol. The van der Waals surface area contributed by atoms with Gasteiger partial charge in [0.15, 0.2) is 0 Å². The SMILES string of the molecule is CCCOC(=O)CC[C@@H](C)[C@H]1CCC2C3CCC4CC(NCCO)CC[C@]4(C)C3C[C@H](O)[C@@]21C. The van der Waals surface area contributed by atoms with E-state index in [1.807, 2.05) is 6.92 Å². The molecule has 3 N–H and O–H groups in total. The molecular formula is C29H51NO4. The van der Waals surface area contributed by atoms with Crippen LogP contribution in [0.15, 0.2) is 0 Å². The number of hydrogen-bond donors (Lipinski definition) is 3. The van der Waals surface area contributed by atoms with E-state index in [2.05, 4.69) is 26.1 Å². The van der Waals surface area contributed by atoms with Gasteiger partial charge in [-0.2, -0.15) is 0 Å². The average molecular weight is 478 g/mol. The lowest BCUT2D eigenvalue weighted by Crippen LogP contribution is -2.59. The van der Waals surface area contributed by atoms with Crippen LogP contribution in [-0.4, -0.2) is 48.1 Å². The molecule has 0 aromatic carbocycles. The van der Waals surface area contributed by atoms with Crippen LogP contribution in [0.5, 0.6) is 0 Å². The molecule has 5 nitrogen and oxygen atoms in total. The van der Waals surface area contributed by atoms with Gasteiger partial charge in [0.2, 0.25) is 0 Å². The van der Waals surface area contributed by atoms with E-state index in [1.54, 1.807) is 0 Å². The van der Waals surface area contributed by atoms with Gasteiger partial charge >= 0.3 is 5.97 Å². The van der Waals surface area contributed by atoms with Crippen LogP contribution in [0.3, 0.4) is 0 Å². The molecule has 0 heterocycles. The van der Waals surface area contributed by atoms with Crippen LogP contribution in [0.1, 0.15) is 98.3 Å². The maximum Gasteiger partial charge on any atom is 0.305 e. The van der Waals surface area contributed by atoms with Crippen molar-refractivity contribution in [3.8, 4) is 0 Å². The molecule has 5 unspecified atom stereocenters. The highest BCUT2D eigenvalue weighted by Gasteiger charge is 2.63. The number of fused-ring (bicyclic) bond motifs is 5. The van der Waals surface area contributed by atoms with E-state index >= 15 is 0 Å². The number of ether oxygens (including phenoxy) is 1. The number of rotatable bonds is 9. The van der Waals surface area contributed by atoms with Crippen LogP contribution < -0.4 is 5.32 Å². The number of carbonyl (C=O) groups is 1. The highest BCUT2D eigenvalue weighted by Crippen LogP contribution is 2.68. The molecule has 34 heavy (non-hydrogen) atoms. The van der Waals surface area contributed by atoms with Crippen molar-refractivity contribution < 1.29 is 19.7 Å². The molecule has 0 amide bonds. The minimum atomic E-state index is -0.235. The largest absolute Gasteiger partial charge is 0.466 e. The zero-order valence-electron chi connectivity index (χ0n) is 22.2. The Kier molecular flexibility index (Phi) is 8.36. The highest BCUT2D eigenvalue weighted by atomic mass is 16.5. The van der Waals surface area contributed by atoms with Crippen molar-refractivity contribution >= 4 is 5.97 Å². The molecule has 4 aliphatic rings. The first-order valence-electron chi connectivity index (χ1n) is 14.4. The topological polar surface area (TPSA) is 78.8 Å². The molecule has 4 rings (SSSR count). The summed E-state index contributed by atoms with van der Waals surface area (Å²) in [7, 11) is 0. The third-order valence-electron chi connectivity index (χ3n) is 11.3. The molecule has 0 spiro atoms. The van der Waals surface area contributed by atoms with Crippen LogP contribution in [0.25, 0.3) is 0 Å². The van der Waals surface area contributed by atoms with Crippen molar-refractivity contribution in [2.75, 3.05) is 19.8 Å². The first kappa shape index (κ1) is 26.4. The van der Waals surface area contributed by atoms with E-state index in [0.29, 0.717) is 54.7 Å². The smallest absolute Gasteiger partial charge is 0.305 e. The van der Waals surface area contributed by atoms with Crippen LogP contribution in [0.4, 0.5) is 0 Å². The summed E-state index contributed by atoms with van der Waals surface area (Å²) in [5, 5.41) is 24.5. The maximum atomic E-state index is 12.1. The summed E-state index contributed by atoms with van der Waals surface area (Å²) in [5.41, 5.74) is 0.326. The van der Waals surface area contributed by atoms with Gasteiger partial charge in [0, 0.05) is 19.0 Å². The summed E-state index contributed by atoms with van der Waals surface area (Å²) in [6.07, 6.45) is 11.7. The molecule has 4 saturated carbocycles. The zero-order valence-corrected chi connectivity index (χ0v) is 22.2. The van der Waals surface area contributed by atoms with Crippen LogP contribution >= 0.6 is 0 Å². The lowest BCUT2D eigenvalue weighted by Gasteiger charge is -2.62. The van der Waals surface area contributed by atoms with E-state index in [1.165, 1.54) is 44.9 Å². The van der Waals surface area contributed by atoms with Crippen LogP contribution in [0.2, 0.25) is 0 Å². The molecule has 4 fully saturated rings. The van der Waals surface area contributed by atoms with Gasteiger partial charge in [-0.3, -0.25) is 4.79 Å². The molecule has 0 aromatic heterocycles. The van der Waals surface area contributed by atoms with Gasteiger partial charge in [-0.25, -0.2) is 0 Å². The van der Waals surface area contributed by atoms with Gasteiger partial charge in [0.25, 0.3) is 0 Å². The normalized spacial score (nSPS) is 44.6. The Morgan fingerprint density at radius 1 is 1.12 bits per heavy atom. The van der Waals surface area contributed by atoms with E-state index < -0.39 is 0 Å². The Hall–Kier alpha value is -0.650. The molecule has 5 heteroatoms. The molecule has 10 atom stereocenters. The Morgan fingerprint density at radius 3 is 2.65 bits per heavy atom. The second-order valence-corrected chi connectivity index (χ2v) is 12.8. The average Bonchev–Trinajstić information content (AvgIpc) is 3.19. The minimum absolute atomic E-state index is 0.0169. The third-order valence-corrected chi connectivity index (χ3v) is 11.3. The molecule has 0 saturated heterocycles. The van der Waals surface area contributed by atoms with Crippen LogP contribution in [-0.2, 0) is 9.53 Å². The number of carbonyl (C=O) groups excluding carboxylic acids is 1. The van der Waals surface area contributed by atoms with Gasteiger partial charge < -0.3 is 20.3 Å². The van der Waals surface area contributed by atoms with Crippen molar-refractivity contribution in [3.63, 3.8) is 0 Å². The second kappa shape index (κ2) is 10.8. The molecule has 0 radical (unpaired) electrons. The first-order chi connectivity index (χ1) is 16.3. The summed E-state index contributed by atoms with van der Waals surface area (Å²) in [6, 6.07) is 0.543. The number of nitrogens with one attached hydrogen (secondary N) is 1. The lowest BCUT2D eigenvalue weighted by atomic mass is 9.43. The number of hydrogen-bond acceptors (Lipinski definition) is 5. The van der Waals surface area contributed by atoms with E-state index in [9.17, 15) is 15.0 Å². The molecule has 0 bridgehead atoms. The monoisotopic (exact) mass is 477 g/mol. The highest BCUT2D eigenvalue weighted by molar-refractivity contribution is 5.69. The second-order valence-electron chi connectivity index (χ2n) is 12.8. The summed E-state index contributed by atoms with van der Waals surface area (Å²) in [5.74, 6) is 3.60. The number of aliphatic hydroxyl groups excluding tert-OH is 2. The summed E-state index contributed by atoms with van der Waals surface area (Å²) in [4.78, 5) is 12.1. The fraction of sp³-hybridized carbons (Fsp3) is 0.966. The third kappa shape index (κ3) is 4.70. The van der Waals surface area contributed by atoms with Gasteiger partial charge in [0.05, 0.1) is 19.3 Å². The van der Waals surface area contributed by atoms with Crippen molar-refractivity contribution in [1.82, 2.24) is 5.32 Å².